The van der Waals surface area contributed by atoms with Gasteiger partial charge in [0.2, 0.25) is 0 Å². The molecule has 3 N–H and O–H groups in total. The topological polar surface area (TPSA) is 406 Å². The number of carbonyl (C=O) groups is 9. The van der Waals surface area contributed by atoms with Crippen LogP contribution >= 0.6 is 46.4 Å². The average molecular weight is 1470 g/mol. The highest BCUT2D eigenvalue weighted by atomic mass is 35.5. The number of methoxy groups -OCH3 is 4. The Kier molecular flexibility index (Phi) is 48.0. The van der Waals surface area contributed by atoms with E-state index < -0.39 is 49.9 Å². The number of hydrogen-bond acceptors (Lipinski definition) is 22. The van der Waals surface area contributed by atoms with Crippen molar-refractivity contribution in [2.45, 2.75) is 115 Å². The van der Waals surface area contributed by atoms with Crippen LogP contribution in [-0.2, 0) is 18.9 Å². The highest BCUT2D eigenvalue weighted by molar-refractivity contribution is 6.77. The third-order valence-electron chi connectivity index (χ3n) is 11.2. The number of amides is 2. The van der Waals surface area contributed by atoms with Gasteiger partial charge in [-0.25, -0.2) is 63.5 Å². The fraction of sp³-hybridized carbons (Fsp3) is 0.388. The van der Waals surface area contributed by atoms with E-state index in [-0.39, 0.29) is 56.1 Å². The Morgan fingerprint density at radius 1 is 0.434 bits per heavy atom. The molecule has 0 atom stereocenters. The van der Waals surface area contributed by atoms with Gasteiger partial charge < -0.3 is 50.6 Å². The first-order valence-corrected chi connectivity index (χ1v) is 35.3. The third-order valence-corrected chi connectivity index (χ3v) is 11.5. The quantitative estimate of drug-likeness (QED) is 0.0145. The minimum Gasteiger partial charge on any atom is -0.478 e. The van der Waals surface area contributed by atoms with Crippen LogP contribution in [0.3, 0.4) is 0 Å². The lowest BCUT2D eigenvalue weighted by molar-refractivity contribution is 0.0590. The number of aryl methyl sites for hydroxylation is 6. The summed E-state index contributed by atoms with van der Waals surface area (Å²) in [5.74, 6) is -5.42. The minimum atomic E-state index is -1.17. The summed E-state index contributed by atoms with van der Waals surface area (Å²) >= 11 is 20.7. The average Bonchev–Trinajstić information content (AvgIpc) is 0.855. The maximum absolute atomic E-state index is 12.5. The fourth-order valence-electron chi connectivity index (χ4n) is 7.54. The molecule has 0 aliphatic carbocycles. The number of nitrogens with zero attached hydrogens (tertiary/aromatic N) is 11. The Bertz CT molecular complexity index is 3640. The molecule has 99 heavy (non-hydrogen) atoms. The number of aromatic nitrogens is 6. The summed E-state index contributed by atoms with van der Waals surface area (Å²) in [5, 5.41) is 47.5. The molecular weight excluding hydrogens is 1380 g/mol. The molecule has 0 aromatic carbocycles. The van der Waals surface area contributed by atoms with Crippen molar-refractivity contribution in [3.8, 4) is 6.07 Å². The van der Waals surface area contributed by atoms with Gasteiger partial charge in [-0.05, 0) is 140 Å². The summed E-state index contributed by atoms with van der Waals surface area (Å²) in [4.78, 5) is 129. The Morgan fingerprint density at radius 2 is 0.667 bits per heavy atom. The molecular formula is C67H86Cl4N11O16Si-. The lowest BCUT2D eigenvalue weighted by Crippen LogP contribution is -2.33. The number of halogens is 4. The molecule has 0 unspecified atom stereocenters. The lowest BCUT2D eigenvalue weighted by Gasteiger charge is -2.21. The molecule has 0 saturated carbocycles. The molecule has 538 valence electrons. The largest absolute Gasteiger partial charge is 0.478 e. The predicted molar refractivity (Wildman–Crippen MR) is 377 cm³/mol. The zero-order valence-corrected chi connectivity index (χ0v) is 62.6. The van der Waals surface area contributed by atoms with E-state index in [0.29, 0.717) is 87.9 Å². The van der Waals surface area contributed by atoms with E-state index in [0.717, 1.165) is 25.7 Å². The van der Waals surface area contributed by atoms with E-state index in [1.165, 1.54) is 83.0 Å². The summed E-state index contributed by atoms with van der Waals surface area (Å²) < 4.78 is 18.2. The zero-order valence-electron chi connectivity index (χ0n) is 58.6. The van der Waals surface area contributed by atoms with Gasteiger partial charge in [-0.2, -0.15) is 5.26 Å². The molecule has 0 aliphatic rings. The molecule has 27 nitrogen and oxygen atoms in total. The van der Waals surface area contributed by atoms with Crippen molar-refractivity contribution in [2.75, 3.05) is 60.0 Å². The van der Waals surface area contributed by atoms with Crippen molar-refractivity contribution >= 4 is 108 Å². The normalized spacial score (nSPS) is 9.61. The fourth-order valence-corrected chi connectivity index (χ4v) is 8.04. The summed E-state index contributed by atoms with van der Waals surface area (Å²) in [6, 6.07) is 19.3. The summed E-state index contributed by atoms with van der Waals surface area (Å²) in [6.45, 7) is 31.5. The number of nitriles is 1. The zero-order chi connectivity index (χ0) is 76.9. The van der Waals surface area contributed by atoms with Gasteiger partial charge in [-0.1, -0.05) is 70.5 Å². The van der Waals surface area contributed by atoms with Crippen LogP contribution in [0, 0.1) is 70.2 Å². The first-order valence-electron chi connectivity index (χ1n) is 29.8. The van der Waals surface area contributed by atoms with Gasteiger partial charge >= 0.3 is 41.8 Å². The van der Waals surface area contributed by atoms with Gasteiger partial charge in [0.05, 0.1) is 67.2 Å². The summed E-state index contributed by atoms with van der Waals surface area (Å²) in [5.41, 5.74) is 5.72. The molecule has 32 heteroatoms. The lowest BCUT2D eigenvalue weighted by atomic mass is 10.1. The SMILES string of the molecule is CCCN(CCC)C(=O)c1cc(C(=O)O)cc(C)n1.CCCN(CCC)C(=O)c1cc(C(=O)OC)cc(C)n1.COC(=O)c1cc(C)nc(C#N)c1.COC(=O)c1cc(C)nc(C(=O)O)c1.COC(=O)c1cc(C)nc(Cl)c1.Cc1cc(C(=O)O)cc(Cl)n1.ClCCl.N#N.[CH2-][Si](C)(C)C. The van der Waals surface area contributed by atoms with Crippen LogP contribution in [0.2, 0.25) is 29.9 Å². The number of pyridine rings is 6. The Labute approximate surface area is 598 Å². The van der Waals surface area contributed by atoms with Crippen molar-refractivity contribution in [3.63, 3.8) is 0 Å². The van der Waals surface area contributed by atoms with Crippen LogP contribution in [0.5, 0.6) is 0 Å². The highest BCUT2D eigenvalue weighted by Gasteiger charge is 2.21. The smallest absolute Gasteiger partial charge is 0.354 e. The van der Waals surface area contributed by atoms with E-state index in [4.69, 9.17) is 77.8 Å². The van der Waals surface area contributed by atoms with Gasteiger partial charge in [-0.15, -0.1) is 31.3 Å². The van der Waals surface area contributed by atoms with Gasteiger partial charge in [0.15, 0.2) is 0 Å². The number of carboxylic acids is 3. The number of carboxylic acid groups (broad SMARTS) is 3. The molecule has 6 aromatic heterocycles. The molecule has 0 saturated heterocycles. The van der Waals surface area contributed by atoms with Crippen molar-refractivity contribution in [2.24, 2.45) is 0 Å². The molecule has 6 heterocycles. The molecule has 6 rings (SSSR count). The van der Waals surface area contributed by atoms with E-state index in [1.54, 1.807) is 69.5 Å². The highest BCUT2D eigenvalue weighted by Crippen LogP contribution is 2.15. The first kappa shape index (κ1) is 93.6. The number of carbonyl (C=O) groups excluding carboxylic acids is 6. The Balaban J connectivity index is -0.00000110. The number of hydrogen-bond donors (Lipinski definition) is 3. The second kappa shape index (κ2) is 50.7. The minimum absolute atomic E-state index is 0.101. The van der Waals surface area contributed by atoms with Crippen LogP contribution in [0.4, 0.5) is 0 Å². The van der Waals surface area contributed by atoms with Gasteiger partial charge in [0, 0.05) is 71.1 Å². The molecule has 2 amide bonds. The molecule has 0 aliphatic heterocycles. The Hall–Kier alpha value is -9.58. The number of alkyl halides is 2. The Morgan fingerprint density at radius 3 is 0.939 bits per heavy atom. The number of esters is 4. The second-order valence-electron chi connectivity index (χ2n) is 21.4. The first-order chi connectivity index (χ1) is 46.4. The monoisotopic (exact) mass is 1470 g/mol. The molecule has 0 fully saturated rings. The number of rotatable bonds is 17. The maximum Gasteiger partial charge on any atom is 0.354 e. The van der Waals surface area contributed by atoms with Crippen LogP contribution in [-0.4, -0.2) is 177 Å². The second-order valence-corrected chi connectivity index (χ2v) is 28.1. The predicted octanol–water partition coefficient (Wildman–Crippen LogP) is 13.4. The van der Waals surface area contributed by atoms with Crippen molar-refractivity contribution in [1.82, 2.24) is 39.7 Å². The van der Waals surface area contributed by atoms with Crippen LogP contribution in [0.25, 0.3) is 0 Å². The molecule has 0 spiro atoms. The van der Waals surface area contributed by atoms with Crippen LogP contribution in [0.1, 0.15) is 187 Å². The van der Waals surface area contributed by atoms with Crippen molar-refractivity contribution in [3.05, 3.63) is 180 Å². The summed E-state index contributed by atoms with van der Waals surface area (Å²) in [6.07, 6.45) is 3.51. The molecule has 6 aromatic rings. The van der Waals surface area contributed by atoms with Gasteiger partial charge in [0.25, 0.3) is 11.8 Å². The van der Waals surface area contributed by atoms with E-state index in [1.807, 2.05) is 33.8 Å². The number of aromatic carboxylic acids is 3. The van der Waals surface area contributed by atoms with Gasteiger partial charge in [0.1, 0.15) is 39.2 Å². The molecule has 0 radical (unpaired) electrons. The van der Waals surface area contributed by atoms with Crippen molar-refractivity contribution < 1.29 is 77.4 Å². The number of ether oxygens (including phenoxy) is 4. The maximum atomic E-state index is 12.5. The van der Waals surface area contributed by atoms with Gasteiger partial charge in [-0.3, -0.25) is 9.59 Å². The standard InChI is InChI=1S/C15H22N2O3.C14H20N2O3.C9H8N2O2.C9H9NO4.C8H8ClNO2.C7H6ClNO2.C4H11Si.CH2Cl2.N2/c1-5-7-17(8-6-2)14(18)13-10-12(15(19)20-4)9-11(3)16-13;1-4-6-16(7-5-2)13(17)12-9-11(14(18)19)8-10(3)15-12;1-6-3-7(9(12)13-2)4-8(5-10)11-6;1-5-3-6(9(13)14-2)4-7(10-5)8(11)12;1-5-3-6(8(11)12-2)4-7(9)10-5;1-4-2-5(7(10)11)3-6(8)9-4;1-5(2,3)4;2-1-3;1-2/h9-10H,5-8H2,1-4H3;8-9H,4-7H2,1-3H3,(H,18,19);3-4H,1-2H3;3-4H,1-2H3,(H,11,12);3-4H,1-2H3;2-3H,1H3,(H,10,11);1H2,2-4H3;1H2;/q;;;;;;-1;;. The molecule has 0 bridgehead atoms. The van der Waals surface area contributed by atoms with E-state index in [2.05, 4.69) is 75.0 Å². The van der Waals surface area contributed by atoms with Crippen LogP contribution < -0.4 is 0 Å². The van der Waals surface area contributed by atoms with E-state index in [9.17, 15) is 43.2 Å². The van der Waals surface area contributed by atoms with E-state index >= 15 is 0 Å². The van der Waals surface area contributed by atoms with Crippen LogP contribution in [0.15, 0.2) is 72.8 Å². The van der Waals surface area contributed by atoms with Crippen molar-refractivity contribution in [1.29, 1.82) is 16.0 Å². The summed E-state index contributed by atoms with van der Waals surface area (Å²) in [7, 11) is 4.31. The third kappa shape index (κ3) is 40.0.